The predicted molar refractivity (Wildman–Crippen MR) is 68.6 cm³/mol. The van der Waals surface area contributed by atoms with Gasteiger partial charge < -0.3 is 10.0 Å². The van der Waals surface area contributed by atoms with Gasteiger partial charge in [-0.1, -0.05) is 13.8 Å². The van der Waals surface area contributed by atoms with Gasteiger partial charge >= 0.3 is 0 Å². The zero-order chi connectivity index (χ0) is 12.0. The standard InChI is InChI=1S/C12H23NO2S/c1-10(2)16-9-12(15)13-7-3-5-11(13)6-4-8-14/h10-11,14H,3-9H2,1-2H3. The van der Waals surface area contributed by atoms with Crippen LogP contribution in [0.1, 0.15) is 39.5 Å². The lowest BCUT2D eigenvalue weighted by Gasteiger charge is -2.24. The number of rotatable bonds is 6. The van der Waals surface area contributed by atoms with Crippen molar-refractivity contribution in [1.29, 1.82) is 0 Å². The number of nitrogens with zero attached hydrogens (tertiary/aromatic N) is 1. The van der Waals surface area contributed by atoms with Gasteiger partial charge in [0.1, 0.15) is 0 Å². The molecule has 1 atom stereocenters. The van der Waals surface area contributed by atoms with Crippen molar-refractivity contribution in [2.24, 2.45) is 0 Å². The van der Waals surface area contributed by atoms with Crippen LogP contribution in [0.25, 0.3) is 0 Å². The van der Waals surface area contributed by atoms with Gasteiger partial charge in [-0.15, -0.1) is 11.8 Å². The summed E-state index contributed by atoms with van der Waals surface area (Å²) in [6.07, 6.45) is 3.99. The lowest BCUT2D eigenvalue weighted by Crippen LogP contribution is -2.37. The molecule has 0 aromatic heterocycles. The summed E-state index contributed by atoms with van der Waals surface area (Å²) in [6.45, 7) is 5.38. The van der Waals surface area contributed by atoms with Crippen molar-refractivity contribution < 1.29 is 9.90 Å². The number of amides is 1. The van der Waals surface area contributed by atoms with Crippen LogP contribution >= 0.6 is 11.8 Å². The Morgan fingerprint density at radius 1 is 1.56 bits per heavy atom. The van der Waals surface area contributed by atoms with Gasteiger partial charge in [-0.05, 0) is 30.9 Å². The maximum Gasteiger partial charge on any atom is 0.232 e. The van der Waals surface area contributed by atoms with E-state index in [0.29, 0.717) is 17.0 Å². The molecule has 16 heavy (non-hydrogen) atoms. The number of likely N-dealkylation sites (tertiary alicyclic amines) is 1. The fourth-order valence-corrected chi connectivity index (χ4v) is 2.75. The summed E-state index contributed by atoms with van der Waals surface area (Å²) in [5, 5.41) is 9.34. The van der Waals surface area contributed by atoms with Crippen LogP contribution in [0.2, 0.25) is 0 Å². The summed E-state index contributed by atoms with van der Waals surface area (Å²) in [5.41, 5.74) is 0. The molecule has 1 aliphatic rings. The first-order valence-electron chi connectivity index (χ1n) is 6.17. The highest BCUT2D eigenvalue weighted by molar-refractivity contribution is 8.00. The lowest BCUT2D eigenvalue weighted by molar-refractivity contribution is -0.129. The molecule has 0 saturated carbocycles. The van der Waals surface area contributed by atoms with Gasteiger partial charge in [-0.25, -0.2) is 0 Å². The molecule has 1 N–H and O–H groups in total. The number of hydrogen-bond acceptors (Lipinski definition) is 3. The first-order valence-corrected chi connectivity index (χ1v) is 7.22. The molecule has 1 unspecified atom stereocenters. The largest absolute Gasteiger partial charge is 0.396 e. The minimum Gasteiger partial charge on any atom is -0.396 e. The van der Waals surface area contributed by atoms with Crippen molar-refractivity contribution in [2.45, 2.75) is 50.8 Å². The second-order valence-electron chi connectivity index (χ2n) is 4.61. The molecule has 1 fully saturated rings. The number of aliphatic hydroxyl groups excluding tert-OH is 1. The molecule has 1 amide bonds. The van der Waals surface area contributed by atoms with Gasteiger partial charge in [-0.3, -0.25) is 4.79 Å². The van der Waals surface area contributed by atoms with Crippen LogP contribution in [-0.4, -0.2) is 46.1 Å². The van der Waals surface area contributed by atoms with Crippen LogP contribution in [0.4, 0.5) is 0 Å². The van der Waals surface area contributed by atoms with E-state index in [-0.39, 0.29) is 12.5 Å². The van der Waals surface area contributed by atoms with Crippen molar-refractivity contribution in [1.82, 2.24) is 4.90 Å². The van der Waals surface area contributed by atoms with Crippen molar-refractivity contribution in [3.05, 3.63) is 0 Å². The Balaban J connectivity index is 2.35. The van der Waals surface area contributed by atoms with Crippen molar-refractivity contribution >= 4 is 17.7 Å². The van der Waals surface area contributed by atoms with E-state index in [1.807, 2.05) is 4.90 Å². The molecule has 3 nitrogen and oxygen atoms in total. The highest BCUT2D eigenvalue weighted by atomic mass is 32.2. The molecule has 0 bridgehead atoms. The molecule has 0 aliphatic carbocycles. The van der Waals surface area contributed by atoms with Gasteiger partial charge in [0.15, 0.2) is 0 Å². The Morgan fingerprint density at radius 2 is 2.31 bits per heavy atom. The van der Waals surface area contributed by atoms with Crippen LogP contribution in [0.3, 0.4) is 0 Å². The van der Waals surface area contributed by atoms with Crippen molar-refractivity contribution in [3.63, 3.8) is 0 Å². The summed E-state index contributed by atoms with van der Waals surface area (Å²) in [7, 11) is 0. The van der Waals surface area contributed by atoms with Crippen LogP contribution in [0.15, 0.2) is 0 Å². The summed E-state index contributed by atoms with van der Waals surface area (Å²) in [4.78, 5) is 14.0. The molecule has 1 heterocycles. The molecular weight excluding hydrogens is 222 g/mol. The number of carbonyl (C=O) groups excluding carboxylic acids is 1. The Bertz CT molecular complexity index is 221. The fraction of sp³-hybridized carbons (Fsp3) is 0.917. The Labute approximate surface area is 103 Å². The average molecular weight is 245 g/mol. The normalized spacial score (nSPS) is 20.8. The van der Waals surface area contributed by atoms with E-state index in [9.17, 15) is 4.79 Å². The molecule has 94 valence electrons. The Morgan fingerprint density at radius 3 is 2.94 bits per heavy atom. The van der Waals surface area contributed by atoms with E-state index in [4.69, 9.17) is 5.11 Å². The maximum absolute atomic E-state index is 12.0. The molecule has 1 saturated heterocycles. The van der Waals surface area contributed by atoms with Gasteiger partial charge in [-0.2, -0.15) is 0 Å². The summed E-state index contributed by atoms with van der Waals surface area (Å²) < 4.78 is 0. The van der Waals surface area contributed by atoms with E-state index >= 15 is 0 Å². The number of aliphatic hydroxyl groups is 1. The fourth-order valence-electron chi connectivity index (χ4n) is 2.11. The van der Waals surface area contributed by atoms with Crippen molar-refractivity contribution in [2.75, 3.05) is 18.9 Å². The number of carbonyl (C=O) groups is 1. The van der Waals surface area contributed by atoms with Crippen LogP contribution in [0.5, 0.6) is 0 Å². The van der Waals surface area contributed by atoms with Crippen LogP contribution in [-0.2, 0) is 4.79 Å². The summed E-state index contributed by atoms with van der Waals surface area (Å²) >= 11 is 1.71. The van der Waals surface area contributed by atoms with E-state index in [1.165, 1.54) is 0 Å². The van der Waals surface area contributed by atoms with E-state index in [2.05, 4.69) is 13.8 Å². The van der Waals surface area contributed by atoms with Crippen LogP contribution < -0.4 is 0 Å². The lowest BCUT2D eigenvalue weighted by atomic mass is 10.1. The summed E-state index contributed by atoms with van der Waals surface area (Å²) in [6, 6.07) is 0.382. The van der Waals surface area contributed by atoms with Gasteiger partial charge in [0.25, 0.3) is 0 Å². The molecule has 0 aromatic carbocycles. The molecule has 0 radical (unpaired) electrons. The van der Waals surface area contributed by atoms with Crippen molar-refractivity contribution in [3.8, 4) is 0 Å². The van der Waals surface area contributed by atoms with Gasteiger partial charge in [0, 0.05) is 19.2 Å². The zero-order valence-corrected chi connectivity index (χ0v) is 11.1. The third-order valence-electron chi connectivity index (χ3n) is 2.93. The van der Waals surface area contributed by atoms with Crippen LogP contribution in [0, 0.1) is 0 Å². The SMILES string of the molecule is CC(C)SCC(=O)N1CCCC1CCCO. The number of thioether (sulfide) groups is 1. The maximum atomic E-state index is 12.0. The second-order valence-corrected chi connectivity index (χ2v) is 6.17. The highest BCUT2D eigenvalue weighted by Gasteiger charge is 2.27. The van der Waals surface area contributed by atoms with E-state index < -0.39 is 0 Å². The third kappa shape index (κ3) is 4.34. The molecule has 4 heteroatoms. The van der Waals surface area contributed by atoms with Gasteiger partial charge in [0.05, 0.1) is 5.75 Å². The van der Waals surface area contributed by atoms with Gasteiger partial charge in [0.2, 0.25) is 5.91 Å². The number of hydrogen-bond donors (Lipinski definition) is 1. The minimum atomic E-state index is 0.235. The first-order chi connectivity index (χ1) is 7.65. The third-order valence-corrected chi connectivity index (χ3v) is 4.01. The molecule has 0 aromatic rings. The average Bonchev–Trinajstić information content (AvgIpc) is 2.71. The smallest absolute Gasteiger partial charge is 0.232 e. The highest BCUT2D eigenvalue weighted by Crippen LogP contribution is 2.22. The molecule has 1 rings (SSSR count). The topological polar surface area (TPSA) is 40.5 Å². The van der Waals surface area contributed by atoms with E-state index in [1.54, 1.807) is 11.8 Å². The second kappa shape index (κ2) is 7.17. The summed E-state index contributed by atoms with van der Waals surface area (Å²) in [5.74, 6) is 0.881. The monoisotopic (exact) mass is 245 g/mol. The first kappa shape index (κ1) is 13.8. The Hall–Kier alpha value is -0.220. The zero-order valence-electron chi connectivity index (χ0n) is 10.3. The molecular formula is C12H23NO2S. The minimum absolute atomic E-state index is 0.235. The predicted octanol–water partition coefficient (Wildman–Crippen LogP) is 1.89. The molecule has 1 aliphatic heterocycles. The molecule has 0 spiro atoms. The Kier molecular flexibility index (Phi) is 6.21. The quantitative estimate of drug-likeness (QED) is 0.777. The van der Waals surface area contributed by atoms with E-state index in [0.717, 1.165) is 32.2 Å².